The Balaban J connectivity index is 0.905. The molecule has 4 saturated carbocycles. The molecule has 3 heterocycles. The average Bonchev–Trinajstić information content (AvgIpc) is 3.67. The van der Waals surface area contributed by atoms with Gasteiger partial charge in [-0.25, -0.2) is 4.79 Å². The van der Waals surface area contributed by atoms with Crippen molar-refractivity contribution in [3.8, 4) is 0 Å². The predicted octanol–water partition coefficient (Wildman–Crippen LogP) is 3.91. The Kier molecular flexibility index (Phi) is 11.9. The first-order chi connectivity index (χ1) is 25.7. The van der Waals surface area contributed by atoms with Crippen LogP contribution in [0.4, 0.5) is 0 Å². The summed E-state index contributed by atoms with van der Waals surface area (Å²) in [5.41, 5.74) is 0.188. The Hall–Kier alpha value is -1.81. The molecule has 54 heavy (non-hydrogen) atoms. The van der Waals surface area contributed by atoms with Gasteiger partial charge in [-0.1, -0.05) is 13.8 Å². The minimum Gasteiger partial charge on any atom is -0.458 e. The molecule has 0 unspecified atom stereocenters. The van der Waals surface area contributed by atoms with Gasteiger partial charge in [0.2, 0.25) is 0 Å². The van der Waals surface area contributed by atoms with E-state index in [2.05, 4.69) is 13.8 Å². The Morgan fingerprint density at radius 1 is 0.889 bits per heavy atom. The van der Waals surface area contributed by atoms with E-state index >= 15 is 0 Å². The molecule has 18 atom stereocenters. The first-order valence-corrected chi connectivity index (χ1v) is 20.5. The van der Waals surface area contributed by atoms with Crippen molar-refractivity contribution in [2.24, 2.45) is 34.5 Å². The van der Waals surface area contributed by atoms with Gasteiger partial charge in [0.1, 0.15) is 37.5 Å². The van der Waals surface area contributed by atoms with E-state index in [1.54, 1.807) is 19.9 Å². The smallest absolute Gasteiger partial charge is 0.331 e. The van der Waals surface area contributed by atoms with Crippen LogP contribution in [0.3, 0.4) is 0 Å². The van der Waals surface area contributed by atoms with Gasteiger partial charge in [0.25, 0.3) is 0 Å². The highest BCUT2D eigenvalue weighted by molar-refractivity contribution is 5.85. The summed E-state index contributed by atoms with van der Waals surface area (Å²) in [7, 11) is 0. The molecule has 0 bridgehead atoms. The van der Waals surface area contributed by atoms with Crippen molar-refractivity contribution < 1.29 is 62.9 Å². The lowest BCUT2D eigenvalue weighted by atomic mass is 9.43. The number of ether oxygens (including phenoxy) is 7. The Morgan fingerprint density at radius 2 is 1.59 bits per heavy atom. The average molecular weight is 763 g/mol. The normalized spacial score (nSPS) is 48.8. The maximum Gasteiger partial charge on any atom is 0.331 e. The SMILES string of the molecule is C[C@H](C=O)O[C@H](CC=O)O[C@H]1[C@@H](O)C[C@H](O[C@H]2[C@@H](O)C[C@H](O[C@H]3CC[C@@]4(C)[C@@H](CC[C@@H]5[C@@H]4CC[C@]4(C)[C@@H](C6=CC(=O)OC6)CC[C@]54O)C3)O[C@@H]2C)O[C@@H]1C. The predicted molar refractivity (Wildman–Crippen MR) is 191 cm³/mol. The molecule has 2 saturated heterocycles. The molecule has 4 aliphatic carbocycles. The second-order valence-corrected chi connectivity index (χ2v) is 18.0. The number of aldehydes is 2. The van der Waals surface area contributed by atoms with Crippen LogP contribution < -0.4 is 0 Å². The van der Waals surface area contributed by atoms with Crippen LogP contribution in [0.25, 0.3) is 0 Å². The van der Waals surface area contributed by atoms with Gasteiger partial charge < -0.3 is 58.1 Å². The van der Waals surface area contributed by atoms with Crippen molar-refractivity contribution >= 4 is 18.5 Å². The molecule has 0 aromatic rings. The number of esters is 1. The van der Waals surface area contributed by atoms with Crippen LogP contribution in [0, 0.1) is 34.5 Å². The molecule has 0 aromatic carbocycles. The number of aliphatic hydroxyl groups excluding tert-OH is 2. The lowest BCUT2D eigenvalue weighted by Crippen LogP contribution is -2.62. The van der Waals surface area contributed by atoms with Gasteiger partial charge >= 0.3 is 5.97 Å². The number of cyclic esters (lactones) is 1. The highest BCUT2D eigenvalue weighted by Gasteiger charge is 2.67. The summed E-state index contributed by atoms with van der Waals surface area (Å²) >= 11 is 0. The Bertz CT molecular complexity index is 1380. The van der Waals surface area contributed by atoms with Crippen LogP contribution in [0.1, 0.15) is 112 Å². The van der Waals surface area contributed by atoms with Crippen molar-refractivity contribution in [3.05, 3.63) is 11.6 Å². The van der Waals surface area contributed by atoms with Gasteiger partial charge in [-0.3, -0.25) is 0 Å². The molecule has 6 fully saturated rings. The summed E-state index contributed by atoms with van der Waals surface area (Å²) in [4.78, 5) is 34.1. The van der Waals surface area contributed by atoms with Crippen molar-refractivity contribution in [1.29, 1.82) is 0 Å². The molecule has 13 nitrogen and oxygen atoms in total. The molecule has 0 amide bonds. The number of rotatable bonds is 12. The van der Waals surface area contributed by atoms with Crippen LogP contribution in [-0.4, -0.2) is 114 Å². The van der Waals surface area contributed by atoms with E-state index in [0.29, 0.717) is 31.0 Å². The summed E-state index contributed by atoms with van der Waals surface area (Å²) < 4.78 is 41.7. The summed E-state index contributed by atoms with van der Waals surface area (Å²) in [5.74, 6) is 1.10. The Labute approximate surface area is 318 Å². The number of carbonyl (C=O) groups is 3. The third-order valence-corrected chi connectivity index (χ3v) is 15.0. The van der Waals surface area contributed by atoms with Gasteiger partial charge in [0.15, 0.2) is 18.9 Å². The number of carbonyl (C=O) groups excluding carboxylic acids is 3. The van der Waals surface area contributed by atoms with Crippen LogP contribution in [0.15, 0.2) is 11.6 Å². The first-order valence-electron chi connectivity index (χ1n) is 20.5. The monoisotopic (exact) mass is 762 g/mol. The molecule has 0 spiro atoms. The fraction of sp³-hybridized carbons (Fsp3) is 0.878. The van der Waals surface area contributed by atoms with Crippen LogP contribution >= 0.6 is 0 Å². The largest absolute Gasteiger partial charge is 0.458 e. The van der Waals surface area contributed by atoms with E-state index < -0.39 is 67.2 Å². The summed E-state index contributed by atoms with van der Waals surface area (Å²) in [6.45, 7) is 10.2. The summed E-state index contributed by atoms with van der Waals surface area (Å²) in [5, 5.41) is 34.8. The van der Waals surface area contributed by atoms with Crippen molar-refractivity contribution in [2.45, 2.75) is 185 Å². The van der Waals surface area contributed by atoms with Crippen molar-refractivity contribution in [1.82, 2.24) is 0 Å². The lowest BCUT2D eigenvalue weighted by Gasteiger charge is -2.64. The van der Waals surface area contributed by atoms with E-state index in [4.69, 9.17) is 33.2 Å². The number of fused-ring (bicyclic) bond motifs is 5. The third-order valence-electron chi connectivity index (χ3n) is 15.0. The molecule has 0 radical (unpaired) electrons. The van der Waals surface area contributed by atoms with Crippen LogP contribution in [0.5, 0.6) is 0 Å². The van der Waals surface area contributed by atoms with Gasteiger partial charge in [0.05, 0.1) is 42.5 Å². The molecule has 7 aliphatic rings. The van der Waals surface area contributed by atoms with E-state index in [-0.39, 0.29) is 54.0 Å². The standard InChI is InChI=1S/C41H62O13/c1-22(20-43)49-34(11-15-42)53-37-23(2)51-36(19-32(37)45)54-38-24(3)50-35(18-31(38)44)52-27-8-12-39(4)26(17-27)6-7-30-29(39)9-13-40(5)28(10-14-41(30,40)47)25-16-33(46)48-21-25/h15-16,20,22-24,26-32,34-38,44-45,47H,6-14,17-19,21H2,1-5H3/t22-,23-,24-,26+,27+,28-,29+,30-,31+,32+,34+,35+,36+,37-,38-,39+,40-,41+/m1/s1. The number of hydrogen-bond acceptors (Lipinski definition) is 13. The van der Waals surface area contributed by atoms with E-state index in [1.807, 2.05) is 6.92 Å². The fourth-order valence-electron chi connectivity index (χ4n) is 12.2. The van der Waals surface area contributed by atoms with Crippen LogP contribution in [-0.2, 0) is 47.5 Å². The Morgan fingerprint density at radius 3 is 2.24 bits per heavy atom. The molecule has 13 heteroatoms. The van der Waals surface area contributed by atoms with E-state index in [0.717, 1.165) is 63.4 Å². The molecule has 3 N–H and O–H groups in total. The van der Waals surface area contributed by atoms with Crippen LogP contribution in [0.2, 0.25) is 0 Å². The van der Waals surface area contributed by atoms with E-state index in [9.17, 15) is 29.7 Å². The van der Waals surface area contributed by atoms with Crippen molar-refractivity contribution in [2.75, 3.05) is 6.61 Å². The molecule has 0 aromatic heterocycles. The quantitative estimate of drug-likeness (QED) is 0.113. The topological polar surface area (TPSA) is 177 Å². The van der Waals surface area contributed by atoms with Gasteiger partial charge in [0, 0.05) is 24.3 Å². The zero-order valence-corrected chi connectivity index (χ0v) is 32.5. The lowest BCUT2D eigenvalue weighted by molar-refractivity contribution is -0.328. The molecule has 304 valence electrons. The highest BCUT2D eigenvalue weighted by atomic mass is 16.7. The van der Waals surface area contributed by atoms with Gasteiger partial charge in [-0.2, -0.15) is 0 Å². The summed E-state index contributed by atoms with van der Waals surface area (Å²) in [6.07, 6.45) is 4.02. The second-order valence-electron chi connectivity index (χ2n) is 18.0. The third kappa shape index (κ3) is 7.39. The maximum absolute atomic E-state index is 12.6. The highest BCUT2D eigenvalue weighted by Crippen LogP contribution is 2.70. The fourth-order valence-corrected chi connectivity index (χ4v) is 12.2. The second kappa shape index (κ2) is 15.9. The van der Waals surface area contributed by atoms with E-state index in [1.165, 1.54) is 0 Å². The minimum absolute atomic E-state index is 0.0114. The molecule has 3 aliphatic heterocycles. The maximum atomic E-state index is 12.6. The summed E-state index contributed by atoms with van der Waals surface area (Å²) in [6, 6.07) is 0. The zero-order valence-electron chi connectivity index (χ0n) is 32.5. The molecular weight excluding hydrogens is 700 g/mol. The molecule has 7 rings (SSSR count). The van der Waals surface area contributed by atoms with Gasteiger partial charge in [-0.05, 0) is 113 Å². The minimum atomic E-state index is -1.01. The van der Waals surface area contributed by atoms with Gasteiger partial charge in [-0.15, -0.1) is 0 Å². The number of hydrogen-bond donors (Lipinski definition) is 3. The number of aliphatic hydroxyl groups is 3. The molecular formula is C41H62O13. The van der Waals surface area contributed by atoms with Crippen molar-refractivity contribution in [3.63, 3.8) is 0 Å². The zero-order chi connectivity index (χ0) is 38.6. The first kappa shape index (κ1) is 40.4.